The van der Waals surface area contributed by atoms with E-state index in [1.807, 2.05) is 35.7 Å². The number of hydrogen-bond donors (Lipinski definition) is 2. The Hall–Kier alpha value is -2.06. The Morgan fingerprint density at radius 3 is 2.67 bits per heavy atom. The van der Waals surface area contributed by atoms with Crippen molar-refractivity contribution in [1.82, 2.24) is 4.98 Å². The van der Waals surface area contributed by atoms with E-state index in [1.54, 1.807) is 11.3 Å². The molecule has 0 fully saturated rings. The minimum atomic E-state index is -1.87. The molecule has 1 radical (unpaired) electrons. The van der Waals surface area contributed by atoms with Gasteiger partial charge in [0.25, 0.3) is 9.04 Å². The maximum absolute atomic E-state index is 12.5. The van der Waals surface area contributed by atoms with Crippen LogP contribution >= 0.6 is 22.7 Å². The first-order chi connectivity index (χ1) is 13.2. The smallest absolute Gasteiger partial charge is 0.256 e. The molecule has 0 spiro atoms. The molecule has 27 heavy (non-hydrogen) atoms. The normalized spacial score (nSPS) is 11.5. The minimum Gasteiger partial charge on any atom is -0.427 e. The fraction of sp³-hybridized carbons (Fsp3) is 0.150. The van der Waals surface area contributed by atoms with E-state index in [-0.39, 0.29) is 0 Å². The zero-order valence-electron chi connectivity index (χ0n) is 14.5. The molecule has 0 aliphatic heterocycles. The molecule has 3 heterocycles. The van der Waals surface area contributed by atoms with Crippen LogP contribution in [0.15, 0.2) is 53.9 Å². The summed E-state index contributed by atoms with van der Waals surface area (Å²) in [7, 11) is -1.87. The number of nitrogen functional groups attached to an aromatic ring is 1. The highest BCUT2D eigenvalue weighted by atomic mass is 32.1. The first kappa shape index (κ1) is 18.3. The lowest BCUT2D eigenvalue weighted by Gasteiger charge is -2.08. The number of aromatic nitrogens is 1. The Morgan fingerprint density at radius 1 is 1.15 bits per heavy atom. The summed E-state index contributed by atoms with van der Waals surface area (Å²) in [5.41, 5.74) is 10.0. The zero-order chi connectivity index (χ0) is 18.8. The van der Waals surface area contributed by atoms with Gasteiger partial charge >= 0.3 is 0 Å². The molecule has 4 rings (SSSR count). The van der Waals surface area contributed by atoms with E-state index in [0.29, 0.717) is 18.2 Å². The number of hydrogen-bond acceptors (Lipinski definition) is 5. The first-order valence-corrected chi connectivity index (χ1v) is 12.0. The highest BCUT2D eigenvalue weighted by molar-refractivity contribution is 7.29. The van der Waals surface area contributed by atoms with Gasteiger partial charge in [-0.2, -0.15) is 0 Å². The molecule has 3 N–H and O–H groups in total. The summed E-state index contributed by atoms with van der Waals surface area (Å²) in [6.45, 7) is -0.421. The predicted molar refractivity (Wildman–Crippen MR) is 116 cm³/mol. The van der Waals surface area contributed by atoms with Crippen LogP contribution in [0.1, 0.15) is 6.42 Å². The largest absolute Gasteiger partial charge is 0.427 e. The van der Waals surface area contributed by atoms with Crippen molar-refractivity contribution in [3.8, 4) is 21.7 Å². The number of pyridine rings is 1. The average Bonchev–Trinajstić information content (AvgIpc) is 3.35. The summed E-state index contributed by atoms with van der Waals surface area (Å²) in [5.74, 6) is 0. The van der Waals surface area contributed by atoms with Crippen LogP contribution in [0.2, 0.25) is 6.04 Å². The van der Waals surface area contributed by atoms with E-state index in [2.05, 4.69) is 18.2 Å². The SMILES string of the molecule is Nc1c([Si](O)CCCF)sc2nc(-c3cccs3)cc(-c3ccccc3)c12. The van der Waals surface area contributed by atoms with Gasteiger partial charge in [0.2, 0.25) is 0 Å². The monoisotopic (exact) mass is 413 g/mol. The van der Waals surface area contributed by atoms with Gasteiger partial charge in [-0.05, 0) is 41.1 Å². The molecule has 0 bridgehead atoms. The van der Waals surface area contributed by atoms with Crippen LogP contribution in [0.25, 0.3) is 31.9 Å². The molecule has 3 nitrogen and oxygen atoms in total. The third-order valence-electron chi connectivity index (χ3n) is 4.37. The molecule has 0 atom stereocenters. The number of benzene rings is 1. The molecular weight excluding hydrogens is 395 g/mol. The van der Waals surface area contributed by atoms with Crippen LogP contribution in [-0.4, -0.2) is 25.5 Å². The second-order valence-electron chi connectivity index (χ2n) is 6.16. The Morgan fingerprint density at radius 2 is 1.96 bits per heavy atom. The lowest BCUT2D eigenvalue weighted by molar-refractivity contribution is 0.478. The topological polar surface area (TPSA) is 59.1 Å². The Kier molecular flexibility index (Phi) is 5.35. The summed E-state index contributed by atoms with van der Waals surface area (Å²) < 4.78 is 13.3. The molecule has 0 saturated heterocycles. The summed E-state index contributed by atoms with van der Waals surface area (Å²) in [6, 6.07) is 16.7. The maximum Gasteiger partial charge on any atom is 0.256 e. The molecule has 3 aromatic heterocycles. The van der Waals surface area contributed by atoms with Crippen LogP contribution < -0.4 is 10.2 Å². The molecule has 0 unspecified atom stereocenters. The molecular formula is C20H18FN2OS2Si. The third kappa shape index (κ3) is 3.55. The standard InChI is InChI=1S/C20H18FN2OS2Si/c21-9-5-11-27(24)20-18(22)17-14(13-6-2-1-3-7-13)12-15(23-19(17)26-20)16-8-4-10-25-16/h1-4,6-8,10,12,24H,5,9,11,22H2. The van der Waals surface area contributed by atoms with E-state index in [4.69, 9.17) is 10.7 Å². The lowest BCUT2D eigenvalue weighted by Crippen LogP contribution is -2.29. The van der Waals surface area contributed by atoms with Gasteiger partial charge in [0.15, 0.2) is 0 Å². The van der Waals surface area contributed by atoms with E-state index < -0.39 is 15.7 Å². The number of rotatable bonds is 6. The number of alkyl halides is 1. The molecule has 0 amide bonds. The average molecular weight is 414 g/mol. The van der Waals surface area contributed by atoms with Gasteiger partial charge in [-0.3, -0.25) is 4.39 Å². The van der Waals surface area contributed by atoms with Crippen molar-refractivity contribution in [2.24, 2.45) is 0 Å². The van der Waals surface area contributed by atoms with Crippen molar-refractivity contribution in [1.29, 1.82) is 0 Å². The highest BCUT2D eigenvalue weighted by Crippen LogP contribution is 2.38. The fourth-order valence-electron chi connectivity index (χ4n) is 3.08. The second-order valence-corrected chi connectivity index (χ2v) is 10.4. The van der Waals surface area contributed by atoms with Gasteiger partial charge in [0.05, 0.1) is 22.9 Å². The Balaban J connectivity index is 1.93. The summed E-state index contributed by atoms with van der Waals surface area (Å²) in [6.07, 6.45) is 0.359. The van der Waals surface area contributed by atoms with Crippen molar-refractivity contribution < 1.29 is 9.19 Å². The lowest BCUT2D eigenvalue weighted by atomic mass is 10.0. The van der Waals surface area contributed by atoms with Crippen molar-refractivity contribution in [2.45, 2.75) is 12.5 Å². The Bertz CT molecular complexity index is 1050. The molecule has 0 aliphatic carbocycles. The van der Waals surface area contributed by atoms with Crippen LogP contribution in [0.3, 0.4) is 0 Å². The van der Waals surface area contributed by atoms with E-state index >= 15 is 0 Å². The second kappa shape index (κ2) is 7.90. The van der Waals surface area contributed by atoms with Crippen molar-refractivity contribution in [3.05, 3.63) is 53.9 Å². The van der Waals surface area contributed by atoms with Gasteiger partial charge < -0.3 is 10.5 Å². The van der Waals surface area contributed by atoms with Gasteiger partial charge in [0, 0.05) is 9.89 Å². The third-order valence-corrected chi connectivity index (χ3v) is 8.81. The summed E-state index contributed by atoms with van der Waals surface area (Å²) >= 11 is 3.09. The number of nitrogens with two attached hydrogens (primary N) is 1. The van der Waals surface area contributed by atoms with E-state index in [0.717, 1.165) is 36.4 Å². The van der Waals surface area contributed by atoms with Crippen LogP contribution in [-0.2, 0) is 0 Å². The number of fused-ring (bicyclic) bond motifs is 1. The van der Waals surface area contributed by atoms with Gasteiger partial charge in [-0.15, -0.1) is 22.7 Å². The number of halogens is 1. The maximum atomic E-state index is 12.5. The van der Waals surface area contributed by atoms with E-state index in [1.165, 1.54) is 11.3 Å². The first-order valence-electron chi connectivity index (χ1n) is 8.62. The van der Waals surface area contributed by atoms with Gasteiger partial charge in [0.1, 0.15) is 4.83 Å². The number of nitrogens with zero attached hydrogens (tertiary/aromatic N) is 1. The molecule has 0 aliphatic rings. The van der Waals surface area contributed by atoms with Crippen molar-refractivity contribution in [2.75, 3.05) is 12.4 Å². The number of anilines is 1. The summed E-state index contributed by atoms with van der Waals surface area (Å²) in [4.78, 5) is 17.3. The van der Waals surface area contributed by atoms with Gasteiger partial charge in [-0.1, -0.05) is 36.4 Å². The molecule has 1 aromatic carbocycles. The number of thiophene rings is 2. The molecule has 4 aromatic rings. The van der Waals surface area contributed by atoms with Gasteiger partial charge in [-0.25, -0.2) is 4.98 Å². The molecule has 137 valence electrons. The fourth-order valence-corrected chi connectivity index (χ4v) is 6.84. The zero-order valence-corrected chi connectivity index (χ0v) is 17.1. The van der Waals surface area contributed by atoms with E-state index in [9.17, 15) is 9.19 Å². The van der Waals surface area contributed by atoms with Crippen LogP contribution in [0.5, 0.6) is 0 Å². The van der Waals surface area contributed by atoms with Crippen LogP contribution in [0, 0.1) is 0 Å². The minimum absolute atomic E-state index is 0.359. The molecule has 0 saturated carbocycles. The predicted octanol–water partition coefficient (Wildman–Crippen LogP) is 4.82. The van der Waals surface area contributed by atoms with Crippen molar-refractivity contribution >= 4 is 52.1 Å². The quantitative estimate of drug-likeness (QED) is 0.445. The Labute approximate surface area is 166 Å². The van der Waals surface area contributed by atoms with Crippen molar-refractivity contribution in [3.63, 3.8) is 0 Å². The highest BCUT2D eigenvalue weighted by Gasteiger charge is 2.23. The molecule has 7 heteroatoms. The summed E-state index contributed by atoms with van der Waals surface area (Å²) in [5, 5.41) is 2.92. The van der Waals surface area contributed by atoms with Crippen LogP contribution in [0.4, 0.5) is 10.1 Å².